The first kappa shape index (κ1) is 12.1. The molecule has 1 aromatic rings. The van der Waals surface area contributed by atoms with E-state index in [4.69, 9.17) is 23.2 Å². The largest absolute Gasteiger partial charge is 0.334 e. The number of nitrogens with zero attached hydrogens (tertiary/aromatic N) is 1. The van der Waals surface area contributed by atoms with E-state index in [1.165, 1.54) is 0 Å². The molecule has 0 amide bonds. The minimum Gasteiger partial charge on any atom is -0.334 e. The number of halogens is 2. The first-order valence-electron chi connectivity index (χ1n) is 5.08. The summed E-state index contributed by atoms with van der Waals surface area (Å²) in [5, 5.41) is 5.46. The van der Waals surface area contributed by atoms with Crippen molar-refractivity contribution in [3.05, 3.63) is 28.2 Å². The lowest BCUT2D eigenvalue weighted by molar-refractivity contribution is 0.720. The fourth-order valence-corrected chi connectivity index (χ4v) is 2.83. The number of thioether (sulfide) groups is 1. The third-order valence-electron chi connectivity index (χ3n) is 2.28. The molecule has 5 heteroatoms. The van der Waals surface area contributed by atoms with Gasteiger partial charge in [0.2, 0.25) is 0 Å². The Bertz CT molecular complexity index is 420. The van der Waals surface area contributed by atoms with Crippen molar-refractivity contribution in [2.24, 2.45) is 4.99 Å². The molecule has 1 N–H and O–H groups in total. The van der Waals surface area contributed by atoms with Crippen molar-refractivity contribution < 1.29 is 0 Å². The average Bonchev–Trinajstić information content (AvgIpc) is 2.24. The molecular weight excluding hydrogens is 263 g/mol. The normalized spacial score (nSPS) is 20.4. The van der Waals surface area contributed by atoms with Crippen molar-refractivity contribution in [1.82, 2.24) is 0 Å². The monoisotopic (exact) mass is 274 g/mol. The van der Waals surface area contributed by atoms with Gasteiger partial charge in [0.25, 0.3) is 0 Å². The van der Waals surface area contributed by atoms with Crippen LogP contribution in [0, 0.1) is 0 Å². The molecule has 1 atom stereocenters. The van der Waals surface area contributed by atoms with Gasteiger partial charge in [-0.05, 0) is 31.5 Å². The Balaban J connectivity index is 2.17. The van der Waals surface area contributed by atoms with Crippen molar-refractivity contribution in [2.45, 2.75) is 19.4 Å². The summed E-state index contributed by atoms with van der Waals surface area (Å²) in [5.74, 6) is 1.09. The highest BCUT2D eigenvalue weighted by Gasteiger charge is 2.12. The second-order valence-corrected chi connectivity index (χ2v) is 5.60. The summed E-state index contributed by atoms with van der Waals surface area (Å²) in [6.45, 7) is 2.11. The molecule has 0 radical (unpaired) electrons. The van der Waals surface area contributed by atoms with E-state index < -0.39 is 0 Å². The molecule has 0 bridgehead atoms. The lowest BCUT2D eigenvalue weighted by Gasteiger charge is -2.18. The zero-order valence-corrected chi connectivity index (χ0v) is 11.2. The Morgan fingerprint density at radius 3 is 3.00 bits per heavy atom. The second-order valence-electron chi connectivity index (χ2n) is 3.67. The standard InChI is InChI=1S/C11H12Cl2N2S/c1-7-4-5-16-11(14-7)15-10-6-8(12)2-3-9(10)13/h2-3,6-7H,4-5H2,1H3,(H,14,15). The number of nitrogens with one attached hydrogen (secondary N) is 1. The number of hydrogen-bond acceptors (Lipinski definition) is 3. The van der Waals surface area contributed by atoms with Crippen LogP contribution >= 0.6 is 35.0 Å². The van der Waals surface area contributed by atoms with Crippen molar-refractivity contribution in [2.75, 3.05) is 11.1 Å². The molecule has 0 fully saturated rings. The fourth-order valence-electron chi connectivity index (χ4n) is 1.40. The summed E-state index contributed by atoms with van der Waals surface area (Å²) in [7, 11) is 0. The van der Waals surface area contributed by atoms with Gasteiger partial charge in [-0.3, -0.25) is 4.99 Å². The van der Waals surface area contributed by atoms with Crippen LogP contribution in [0.3, 0.4) is 0 Å². The molecular formula is C11H12Cl2N2S. The highest BCUT2D eigenvalue weighted by Crippen LogP contribution is 2.27. The number of rotatable bonds is 1. The highest BCUT2D eigenvalue weighted by atomic mass is 35.5. The van der Waals surface area contributed by atoms with Gasteiger partial charge in [-0.1, -0.05) is 35.0 Å². The molecule has 0 saturated heterocycles. The lowest BCUT2D eigenvalue weighted by atomic mass is 10.3. The maximum atomic E-state index is 6.07. The molecule has 1 aliphatic heterocycles. The summed E-state index contributed by atoms with van der Waals surface area (Å²) >= 11 is 13.7. The maximum absolute atomic E-state index is 6.07. The lowest BCUT2D eigenvalue weighted by Crippen LogP contribution is -2.18. The molecule has 1 heterocycles. The fraction of sp³-hybridized carbons (Fsp3) is 0.364. The molecule has 1 unspecified atom stereocenters. The Morgan fingerprint density at radius 2 is 2.25 bits per heavy atom. The van der Waals surface area contributed by atoms with Crippen LogP contribution in [0.25, 0.3) is 0 Å². The number of benzene rings is 1. The average molecular weight is 275 g/mol. The highest BCUT2D eigenvalue weighted by molar-refractivity contribution is 8.14. The van der Waals surface area contributed by atoms with Crippen LogP contribution in [-0.4, -0.2) is 17.0 Å². The first-order chi connectivity index (χ1) is 7.65. The Labute approximate surface area is 109 Å². The Morgan fingerprint density at radius 1 is 1.44 bits per heavy atom. The van der Waals surface area contributed by atoms with Gasteiger partial charge in [0, 0.05) is 10.8 Å². The number of aliphatic imine (C=N–C) groups is 1. The SMILES string of the molecule is CC1CCSC(Nc2cc(Cl)ccc2Cl)=N1. The van der Waals surface area contributed by atoms with Gasteiger partial charge >= 0.3 is 0 Å². The third kappa shape index (κ3) is 3.06. The van der Waals surface area contributed by atoms with E-state index in [0.717, 1.165) is 23.0 Å². The molecule has 0 spiro atoms. The van der Waals surface area contributed by atoms with Gasteiger partial charge in [0.15, 0.2) is 5.17 Å². The molecule has 0 aromatic heterocycles. The Kier molecular flexibility index (Phi) is 4.00. The third-order valence-corrected chi connectivity index (χ3v) is 3.77. The van der Waals surface area contributed by atoms with Crippen molar-refractivity contribution in [1.29, 1.82) is 0 Å². The quantitative estimate of drug-likeness (QED) is 0.827. The van der Waals surface area contributed by atoms with E-state index in [9.17, 15) is 0 Å². The van der Waals surface area contributed by atoms with E-state index in [1.807, 2.05) is 6.07 Å². The van der Waals surface area contributed by atoms with Crippen LogP contribution in [0.15, 0.2) is 23.2 Å². The molecule has 86 valence electrons. The predicted molar refractivity (Wildman–Crippen MR) is 74.1 cm³/mol. The summed E-state index contributed by atoms with van der Waals surface area (Å²) in [6.07, 6.45) is 1.12. The van der Waals surface area contributed by atoms with Crippen LogP contribution in [0.1, 0.15) is 13.3 Å². The molecule has 1 aromatic carbocycles. The molecule has 2 rings (SSSR count). The van der Waals surface area contributed by atoms with Gasteiger partial charge in [0.1, 0.15) is 0 Å². The van der Waals surface area contributed by atoms with Crippen molar-refractivity contribution in [3.8, 4) is 0 Å². The number of hydrogen-bond donors (Lipinski definition) is 1. The van der Waals surface area contributed by atoms with Crippen molar-refractivity contribution in [3.63, 3.8) is 0 Å². The van der Waals surface area contributed by atoms with E-state index >= 15 is 0 Å². The molecule has 0 saturated carbocycles. The van der Waals surface area contributed by atoms with E-state index in [-0.39, 0.29) is 0 Å². The van der Waals surface area contributed by atoms with Crippen LogP contribution in [0.5, 0.6) is 0 Å². The second kappa shape index (κ2) is 5.30. The minimum atomic E-state index is 0.377. The maximum Gasteiger partial charge on any atom is 0.161 e. The number of anilines is 1. The summed E-state index contributed by atoms with van der Waals surface area (Å²) in [4.78, 5) is 4.52. The smallest absolute Gasteiger partial charge is 0.161 e. The topological polar surface area (TPSA) is 24.4 Å². The van der Waals surface area contributed by atoms with Crippen LogP contribution < -0.4 is 5.32 Å². The zero-order chi connectivity index (χ0) is 11.5. The minimum absolute atomic E-state index is 0.377. The van der Waals surface area contributed by atoms with Gasteiger partial charge in [-0.25, -0.2) is 0 Å². The van der Waals surface area contributed by atoms with Crippen LogP contribution in [0.2, 0.25) is 10.0 Å². The van der Waals surface area contributed by atoms with Gasteiger partial charge in [-0.15, -0.1) is 0 Å². The summed E-state index contributed by atoms with van der Waals surface area (Å²) in [5.41, 5.74) is 0.814. The van der Waals surface area contributed by atoms with Gasteiger partial charge in [0.05, 0.1) is 16.8 Å². The predicted octanol–water partition coefficient (Wildman–Crippen LogP) is 4.29. The van der Waals surface area contributed by atoms with Crippen LogP contribution in [0.4, 0.5) is 5.69 Å². The van der Waals surface area contributed by atoms with Gasteiger partial charge < -0.3 is 5.32 Å². The summed E-state index contributed by atoms with van der Waals surface area (Å²) < 4.78 is 0. The van der Waals surface area contributed by atoms with Gasteiger partial charge in [-0.2, -0.15) is 0 Å². The summed E-state index contributed by atoms with van der Waals surface area (Å²) in [6, 6.07) is 5.74. The van der Waals surface area contributed by atoms with Crippen molar-refractivity contribution >= 4 is 45.8 Å². The van der Waals surface area contributed by atoms with Crippen LogP contribution in [-0.2, 0) is 0 Å². The van der Waals surface area contributed by atoms with E-state index in [1.54, 1.807) is 23.9 Å². The van der Waals surface area contributed by atoms with E-state index in [2.05, 4.69) is 17.2 Å². The first-order valence-corrected chi connectivity index (χ1v) is 6.82. The molecule has 16 heavy (non-hydrogen) atoms. The Hall–Kier alpha value is -0.380. The number of amidine groups is 1. The molecule has 2 nitrogen and oxygen atoms in total. The zero-order valence-electron chi connectivity index (χ0n) is 8.84. The molecule has 1 aliphatic rings. The molecule has 0 aliphatic carbocycles. The van der Waals surface area contributed by atoms with E-state index in [0.29, 0.717) is 16.1 Å².